The maximum absolute atomic E-state index is 10.1. The molecule has 1 aromatic rings. The van der Waals surface area contributed by atoms with Gasteiger partial charge in [-0.25, -0.2) is 0 Å². The van der Waals surface area contributed by atoms with Crippen molar-refractivity contribution in [1.82, 2.24) is 0 Å². The summed E-state index contributed by atoms with van der Waals surface area (Å²) in [5.41, 5.74) is 0.667. The third-order valence-electron chi connectivity index (χ3n) is 3.66. The lowest BCUT2D eigenvalue weighted by Crippen LogP contribution is -2.30. The van der Waals surface area contributed by atoms with E-state index in [9.17, 15) is 10.2 Å². The van der Waals surface area contributed by atoms with Gasteiger partial charge in [0.2, 0.25) is 0 Å². The van der Waals surface area contributed by atoms with Gasteiger partial charge >= 0.3 is 0 Å². The molecule has 0 radical (unpaired) electrons. The van der Waals surface area contributed by atoms with Crippen LogP contribution >= 0.6 is 11.6 Å². The van der Waals surface area contributed by atoms with Crippen molar-refractivity contribution in [2.24, 2.45) is 0 Å². The number of aliphatic hydroxyl groups excluding tert-OH is 2. The zero-order chi connectivity index (χ0) is 14.5. The van der Waals surface area contributed by atoms with Gasteiger partial charge in [0.05, 0.1) is 24.8 Å². The number of hydrogen-bond acceptors (Lipinski definition) is 4. The van der Waals surface area contributed by atoms with Crippen molar-refractivity contribution in [1.29, 1.82) is 0 Å². The second-order valence-electron chi connectivity index (χ2n) is 5.13. The van der Waals surface area contributed by atoms with Gasteiger partial charge in [-0.1, -0.05) is 24.4 Å². The van der Waals surface area contributed by atoms with Crippen LogP contribution in [0, 0.1) is 0 Å². The molecule has 1 aliphatic rings. The molecule has 2 unspecified atom stereocenters. The van der Waals surface area contributed by atoms with E-state index in [4.69, 9.17) is 21.1 Å². The minimum absolute atomic E-state index is 0.109. The van der Waals surface area contributed by atoms with Crippen LogP contribution in [0.25, 0.3) is 0 Å². The highest BCUT2D eigenvalue weighted by Crippen LogP contribution is 2.38. The van der Waals surface area contributed by atoms with Crippen LogP contribution in [0.4, 0.5) is 0 Å². The lowest BCUT2D eigenvalue weighted by atomic mass is 10.1. The minimum Gasteiger partial charge on any atom is -0.493 e. The fourth-order valence-corrected chi connectivity index (χ4v) is 2.80. The standard InChI is InChI=1S/C15H21ClO4/c1-19-14-8-10(9-17)7-11(16)15(14)20-13-6-4-2-3-5-12(13)18/h7-8,12-13,17-18H,2-6,9H2,1H3. The second-order valence-corrected chi connectivity index (χ2v) is 5.54. The molecule has 0 bridgehead atoms. The Morgan fingerprint density at radius 1 is 1.25 bits per heavy atom. The van der Waals surface area contributed by atoms with E-state index in [0.29, 0.717) is 22.1 Å². The predicted octanol–water partition coefficient (Wildman–Crippen LogP) is 2.91. The molecule has 2 N–H and O–H groups in total. The van der Waals surface area contributed by atoms with Crippen LogP contribution in [0.3, 0.4) is 0 Å². The average Bonchev–Trinajstić information content (AvgIpc) is 2.65. The number of halogens is 1. The average molecular weight is 301 g/mol. The number of benzene rings is 1. The number of aliphatic hydroxyl groups is 2. The smallest absolute Gasteiger partial charge is 0.180 e. The maximum Gasteiger partial charge on any atom is 0.180 e. The summed E-state index contributed by atoms with van der Waals surface area (Å²) in [6.45, 7) is -0.109. The van der Waals surface area contributed by atoms with Crippen LogP contribution < -0.4 is 9.47 Å². The van der Waals surface area contributed by atoms with E-state index in [1.807, 2.05) is 0 Å². The number of ether oxygens (including phenoxy) is 2. The van der Waals surface area contributed by atoms with E-state index in [2.05, 4.69) is 0 Å². The first-order chi connectivity index (χ1) is 9.65. The van der Waals surface area contributed by atoms with Gasteiger partial charge in [-0.15, -0.1) is 0 Å². The van der Waals surface area contributed by atoms with Crippen molar-refractivity contribution in [3.8, 4) is 11.5 Å². The van der Waals surface area contributed by atoms with Crippen LogP contribution in [-0.4, -0.2) is 29.5 Å². The van der Waals surface area contributed by atoms with E-state index in [1.165, 1.54) is 7.11 Å². The van der Waals surface area contributed by atoms with Gasteiger partial charge in [-0.05, 0) is 37.0 Å². The molecular formula is C15H21ClO4. The first-order valence-electron chi connectivity index (χ1n) is 6.97. The molecule has 0 saturated heterocycles. The van der Waals surface area contributed by atoms with Gasteiger partial charge in [0, 0.05) is 0 Å². The van der Waals surface area contributed by atoms with Crippen LogP contribution in [0.5, 0.6) is 11.5 Å². The highest BCUT2D eigenvalue weighted by atomic mass is 35.5. The summed E-state index contributed by atoms with van der Waals surface area (Å²) in [4.78, 5) is 0. The number of rotatable bonds is 4. The monoisotopic (exact) mass is 300 g/mol. The van der Waals surface area contributed by atoms with E-state index in [-0.39, 0.29) is 12.7 Å². The Kier molecular flexibility index (Phi) is 5.52. The summed E-state index contributed by atoms with van der Waals surface area (Å²) in [7, 11) is 1.53. The van der Waals surface area contributed by atoms with Crippen molar-refractivity contribution in [2.45, 2.75) is 50.9 Å². The SMILES string of the molecule is COc1cc(CO)cc(Cl)c1OC1CCCCCC1O. The van der Waals surface area contributed by atoms with Crippen LogP contribution in [0.15, 0.2) is 12.1 Å². The summed E-state index contributed by atoms with van der Waals surface area (Å²) < 4.78 is 11.2. The van der Waals surface area contributed by atoms with Crippen LogP contribution in [-0.2, 0) is 6.61 Å². The quantitative estimate of drug-likeness (QED) is 0.840. The van der Waals surface area contributed by atoms with Gasteiger partial charge in [0.15, 0.2) is 11.5 Å². The first kappa shape index (κ1) is 15.4. The molecule has 1 fully saturated rings. The Hall–Kier alpha value is -0.970. The van der Waals surface area contributed by atoms with Crippen molar-refractivity contribution < 1.29 is 19.7 Å². The zero-order valence-corrected chi connectivity index (χ0v) is 12.4. The summed E-state index contributed by atoms with van der Waals surface area (Å²) in [6, 6.07) is 3.35. The summed E-state index contributed by atoms with van der Waals surface area (Å²) in [5, 5.41) is 19.7. The summed E-state index contributed by atoms with van der Waals surface area (Å²) in [6.07, 6.45) is 4.00. The van der Waals surface area contributed by atoms with E-state index < -0.39 is 6.10 Å². The Bertz CT molecular complexity index is 450. The largest absolute Gasteiger partial charge is 0.493 e. The Morgan fingerprint density at radius 2 is 2.00 bits per heavy atom. The fraction of sp³-hybridized carbons (Fsp3) is 0.600. The number of methoxy groups -OCH3 is 1. The van der Waals surface area contributed by atoms with Gasteiger partial charge in [0.1, 0.15) is 6.10 Å². The van der Waals surface area contributed by atoms with Crippen LogP contribution in [0.1, 0.15) is 37.7 Å². The van der Waals surface area contributed by atoms with Crippen molar-refractivity contribution in [2.75, 3.05) is 7.11 Å². The molecule has 1 aliphatic carbocycles. The predicted molar refractivity (Wildman–Crippen MR) is 77.4 cm³/mol. The molecule has 0 spiro atoms. The van der Waals surface area contributed by atoms with Crippen molar-refractivity contribution in [3.63, 3.8) is 0 Å². The van der Waals surface area contributed by atoms with E-state index in [1.54, 1.807) is 12.1 Å². The Balaban J connectivity index is 2.23. The maximum atomic E-state index is 10.1. The molecule has 2 atom stereocenters. The Labute approximate surface area is 124 Å². The summed E-state index contributed by atoms with van der Waals surface area (Å²) >= 11 is 6.20. The fourth-order valence-electron chi connectivity index (χ4n) is 2.52. The first-order valence-corrected chi connectivity index (χ1v) is 7.35. The topological polar surface area (TPSA) is 58.9 Å². The van der Waals surface area contributed by atoms with Crippen molar-refractivity contribution in [3.05, 3.63) is 22.7 Å². The molecule has 1 aromatic carbocycles. The molecule has 20 heavy (non-hydrogen) atoms. The van der Waals surface area contributed by atoms with Gasteiger partial charge < -0.3 is 19.7 Å². The molecule has 0 aromatic heterocycles. The van der Waals surface area contributed by atoms with Crippen LogP contribution in [0.2, 0.25) is 5.02 Å². The molecule has 112 valence electrons. The third kappa shape index (κ3) is 3.57. The van der Waals surface area contributed by atoms with E-state index >= 15 is 0 Å². The molecule has 2 rings (SSSR count). The van der Waals surface area contributed by atoms with Gasteiger partial charge in [-0.3, -0.25) is 0 Å². The molecule has 0 heterocycles. The molecule has 0 aliphatic heterocycles. The second kappa shape index (κ2) is 7.16. The Morgan fingerprint density at radius 3 is 2.70 bits per heavy atom. The van der Waals surface area contributed by atoms with E-state index in [0.717, 1.165) is 32.1 Å². The zero-order valence-electron chi connectivity index (χ0n) is 11.6. The van der Waals surface area contributed by atoms with Crippen molar-refractivity contribution >= 4 is 11.6 Å². The molecule has 4 nitrogen and oxygen atoms in total. The summed E-state index contributed by atoms with van der Waals surface area (Å²) in [5.74, 6) is 0.926. The molecule has 1 saturated carbocycles. The normalized spacial score (nSPS) is 23.2. The lowest BCUT2D eigenvalue weighted by Gasteiger charge is -2.24. The van der Waals surface area contributed by atoms with Gasteiger partial charge in [0.25, 0.3) is 0 Å². The highest BCUT2D eigenvalue weighted by molar-refractivity contribution is 6.32. The van der Waals surface area contributed by atoms with Gasteiger partial charge in [-0.2, -0.15) is 0 Å². The minimum atomic E-state index is -0.476. The number of hydrogen-bond donors (Lipinski definition) is 2. The molecular weight excluding hydrogens is 280 g/mol. The molecule has 5 heteroatoms. The molecule has 0 amide bonds. The highest BCUT2D eigenvalue weighted by Gasteiger charge is 2.25. The third-order valence-corrected chi connectivity index (χ3v) is 3.94. The lowest BCUT2D eigenvalue weighted by molar-refractivity contribution is 0.0305.